The van der Waals surface area contributed by atoms with Crippen LogP contribution in [0.15, 0.2) is 36.4 Å². The van der Waals surface area contributed by atoms with E-state index in [2.05, 4.69) is 22.2 Å². The van der Waals surface area contributed by atoms with E-state index < -0.39 is 6.61 Å². The highest BCUT2D eigenvalue weighted by Crippen LogP contribution is 2.14. The largest absolute Gasteiger partial charge is 0.435 e. The smallest absolute Gasteiger partial charge is 0.387 e. The Hall–Kier alpha value is -1.46. The Bertz CT molecular complexity index is 411. The van der Waals surface area contributed by atoms with E-state index in [1.54, 1.807) is 19.2 Å². The van der Waals surface area contributed by atoms with Crippen LogP contribution >= 0.6 is 0 Å². The van der Waals surface area contributed by atoms with Gasteiger partial charge in [-0.05, 0) is 31.0 Å². The molecule has 1 aromatic carbocycles. The van der Waals surface area contributed by atoms with Gasteiger partial charge in [-0.1, -0.05) is 24.3 Å². The minimum absolute atomic E-state index is 0.208. The van der Waals surface area contributed by atoms with Crippen LogP contribution in [0.5, 0.6) is 5.75 Å². The molecule has 0 aliphatic carbocycles. The standard InChI is InChI=1S/C8H8F2O.C7H13NO/c1-6-3-2-4-7(5-6)11-8(9)10;1-9-7-4-2-3-5-8-6-7/h2-5,8H,1H3;2-3,7-8H,4-6H2,1H3. The van der Waals surface area contributed by atoms with Crippen LogP contribution in [0.1, 0.15) is 12.0 Å². The van der Waals surface area contributed by atoms with Gasteiger partial charge in [0.1, 0.15) is 5.75 Å². The molecule has 1 heterocycles. The number of methoxy groups -OCH3 is 1. The van der Waals surface area contributed by atoms with Crippen LogP contribution in [-0.4, -0.2) is 32.9 Å². The maximum atomic E-state index is 11.6. The van der Waals surface area contributed by atoms with Gasteiger partial charge in [0.15, 0.2) is 0 Å². The van der Waals surface area contributed by atoms with E-state index in [-0.39, 0.29) is 5.75 Å². The monoisotopic (exact) mass is 285 g/mol. The zero-order chi connectivity index (χ0) is 14.8. The first kappa shape index (κ1) is 16.6. The summed E-state index contributed by atoms with van der Waals surface area (Å²) in [6, 6.07) is 6.55. The van der Waals surface area contributed by atoms with Crippen molar-refractivity contribution in [1.82, 2.24) is 5.32 Å². The van der Waals surface area contributed by atoms with Crippen molar-refractivity contribution in [3.05, 3.63) is 42.0 Å². The number of ether oxygens (including phenoxy) is 2. The number of rotatable bonds is 3. The predicted molar refractivity (Wildman–Crippen MR) is 75.2 cm³/mol. The van der Waals surface area contributed by atoms with E-state index in [0.717, 1.165) is 25.1 Å². The van der Waals surface area contributed by atoms with Crippen LogP contribution in [0.4, 0.5) is 8.78 Å². The summed E-state index contributed by atoms with van der Waals surface area (Å²) in [6.07, 6.45) is 5.72. The first-order chi connectivity index (χ1) is 9.61. The summed E-state index contributed by atoms with van der Waals surface area (Å²) in [5, 5.41) is 3.24. The van der Waals surface area contributed by atoms with Crippen molar-refractivity contribution in [2.45, 2.75) is 26.1 Å². The minimum atomic E-state index is -2.74. The van der Waals surface area contributed by atoms with Gasteiger partial charge < -0.3 is 14.8 Å². The highest BCUT2D eigenvalue weighted by molar-refractivity contribution is 5.27. The summed E-state index contributed by atoms with van der Waals surface area (Å²) in [6.45, 7) is 1.04. The molecule has 0 bridgehead atoms. The fourth-order valence-electron chi connectivity index (χ4n) is 1.71. The van der Waals surface area contributed by atoms with E-state index >= 15 is 0 Å². The van der Waals surface area contributed by atoms with Gasteiger partial charge in [0, 0.05) is 20.2 Å². The van der Waals surface area contributed by atoms with E-state index in [4.69, 9.17) is 4.74 Å². The lowest BCUT2D eigenvalue weighted by Gasteiger charge is -2.10. The first-order valence-electron chi connectivity index (χ1n) is 6.52. The lowest BCUT2D eigenvalue weighted by Crippen LogP contribution is -2.26. The Morgan fingerprint density at radius 3 is 2.75 bits per heavy atom. The van der Waals surface area contributed by atoms with Crippen molar-refractivity contribution >= 4 is 0 Å². The van der Waals surface area contributed by atoms with Gasteiger partial charge >= 0.3 is 6.61 Å². The van der Waals surface area contributed by atoms with Gasteiger partial charge in [0.05, 0.1) is 6.10 Å². The third kappa shape index (κ3) is 7.21. The van der Waals surface area contributed by atoms with Gasteiger partial charge in [-0.3, -0.25) is 0 Å². The topological polar surface area (TPSA) is 30.5 Å². The van der Waals surface area contributed by atoms with Crippen molar-refractivity contribution in [2.75, 3.05) is 20.2 Å². The molecule has 1 aliphatic heterocycles. The van der Waals surface area contributed by atoms with E-state index in [0.29, 0.717) is 6.10 Å². The lowest BCUT2D eigenvalue weighted by atomic mass is 10.2. The molecule has 112 valence electrons. The molecular formula is C15H21F2NO2. The SMILES string of the molecule is COC1CC=CCNC1.Cc1cccc(OC(F)F)c1. The summed E-state index contributed by atoms with van der Waals surface area (Å²) in [4.78, 5) is 0. The molecule has 3 nitrogen and oxygen atoms in total. The Balaban J connectivity index is 0.000000204. The van der Waals surface area contributed by atoms with Crippen LogP contribution in [0.2, 0.25) is 0 Å². The van der Waals surface area contributed by atoms with Crippen molar-refractivity contribution in [1.29, 1.82) is 0 Å². The molecule has 0 saturated carbocycles. The van der Waals surface area contributed by atoms with E-state index in [9.17, 15) is 8.78 Å². The third-order valence-corrected chi connectivity index (χ3v) is 2.75. The number of aryl methyl sites for hydroxylation is 1. The van der Waals surface area contributed by atoms with Crippen molar-refractivity contribution in [3.63, 3.8) is 0 Å². The summed E-state index contributed by atoms with van der Waals surface area (Å²) in [5.74, 6) is 0.208. The second-order valence-corrected chi connectivity index (χ2v) is 4.42. The fraction of sp³-hybridized carbons (Fsp3) is 0.467. The highest BCUT2D eigenvalue weighted by Gasteiger charge is 2.05. The zero-order valence-corrected chi connectivity index (χ0v) is 11.8. The fourth-order valence-corrected chi connectivity index (χ4v) is 1.71. The van der Waals surface area contributed by atoms with Crippen LogP contribution in [0, 0.1) is 6.92 Å². The lowest BCUT2D eigenvalue weighted by molar-refractivity contribution is -0.0498. The van der Waals surface area contributed by atoms with Crippen molar-refractivity contribution < 1.29 is 18.3 Å². The van der Waals surface area contributed by atoms with Crippen molar-refractivity contribution in [3.8, 4) is 5.75 Å². The second kappa shape index (κ2) is 9.44. The number of hydrogen-bond donors (Lipinski definition) is 1. The Labute approximate surface area is 118 Å². The van der Waals surface area contributed by atoms with Crippen LogP contribution in [0.3, 0.4) is 0 Å². The zero-order valence-electron chi connectivity index (χ0n) is 11.8. The predicted octanol–water partition coefficient (Wildman–Crippen LogP) is 3.15. The number of benzene rings is 1. The Morgan fingerprint density at radius 2 is 2.10 bits per heavy atom. The summed E-state index contributed by atoms with van der Waals surface area (Å²) in [7, 11) is 1.76. The summed E-state index contributed by atoms with van der Waals surface area (Å²) >= 11 is 0. The molecule has 0 spiro atoms. The summed E-state index contributed by atoms with van der Waals surface area (Å²) < 4.78 is 32.6. The van der Waals surface area contributed by atoms with Crippen LogP contribution in [-0.2, 0) is 4.74 Å². The average Bonchev–Trinajstić information content (AvgIpc) is 2.67. The number of halogens is 2. The van der Waals surface area contributed by atoms with E-state index in [1.165, 1.54) is 6.07 Å². The van der Waals surface area contributed by atoms with Gasteiger partial charge in [0.2, 0.25) is 0 Å². The molecule has 0 radical (unpaired) electrons. The molecule has 0 fully saturated rings. The van der Waals surface area contributed by atoms with Gasteiger partial charge in [0.25, 0.3) is 0 Å². The molecule has 20 heavy (non-hydrogen) atoms. The van der Waals surface area contributed by atoms with Gasteiger partial charge in [-0.2, -0.15) is 8.78 Å². The molecule has 0 amide bonds. The molecule has 0 aromatic heterocycles. The normalized spacial score (nSPS) is 18.1. The molecule has 1 aliphatic rings. The average molecular weight is 285 g/mol. The number of alkyl halides is 2. The minimum Gasteiger partial charge on any atom is -0.435 e. The molecule has 1 N–H and O–H groups in total. The van der Waals surface area contributed by atoms with Crippen LogP contribution in [0.25, 0.3) is 0 Å². The van der Waals surface area contributed by atoms with Gasteiger partial charge in [-0.25, -0.2) is 0 Å². The molecule has 1 unspecified atom stereocenters. The second-order valence-electron chi connectivity index (χ2n) is 4.42. The number of hydrogen-bond acceptors (Lipinski definition) is 3. The van der Waals surface area contributed by atoms with E-state index in [1.807, 2.05) is 13.0 Å². The molecule has 2 rings (SSSR count). The molecule has 1 atom stereocenters. The Kier molecular flexibility index (Phi) is 7.84. The Morgan fingerprint density at radius 1 is 1.30 bits per heavy atom. The molecule has 0 saturated heterocycles. The quantitative estimate of drug-likeness (QED) is 0.865. The number of nitrogens with one attached hydrogen (secondary N) is 1. The van der Waals surface area contributed by atoms with Crippen LogP contribution < -0.4 is 10.1 Å². The maximum absolute atomic E-state index is 11.6. The molecular weight excluding hydrogens is 264 g/mol. The molecule has 1 aromatic rings. The third-order valence-electron chi connectivity index (χ3n) is 2.75. The van der Waals surface area contributed by atoms with Crippen molar-refractivity contribution in [2.24, 2.45) is 0 Å². The molecule has 5 heteroatoms. The maximum Gasteiger partial charge on any atom is 0.387 e. The first-order valence-corrected chi connectivity index (χ1v) is 6.52. The summed E-state index contributed by atoms with van der Waals surface area (Å²) in [5.41, 5.74) is 0.906. The highest BCUT2D eigenvalue weighted by atomic mass is 19.3. The van der Waals surface area contributed by atoms with Gasteiger partial charge in [-0.15, -0.1) is 0 Å².